The zero-order valence-corrected chi connectivity index (χ0v) is 18.8. The fourth-order valence-electron chi connectivity index (χ4n) is 4.08. The molecular formula is C25H27N5O3. The van der Waals surface area contributed by atoms with E-state index in [9.17, 15) is 4.79 Å². The monoisotopic (exact) mass is 445 g/mol. The van der Waals surface area contributed by atoms with Crippen LogP contribution in [0.5, 0.6) is 11.5 Å². The van der Waals surface area contributed by atoms with Crippen LogP contribution in [0.1, 0.15) is 24.1 Å². The lowest BCUT2D eigenvalue weighted by atomic mass is 9.87. The van der Waals surface area contributed by atoms with Crippen LogP contribution in [0.3, 0.4) is 0 Å². The molecule has 0 spiro atoms. The number of hydrogen-bond donors (Lipinski definition) is 3. The number of anilines is 1. The maximum absolute atomic E-state index is 12.7. The maximum Gasteiger partial charge on any atom is 0.177 e. The van der Waals surface area contributed by atoms with Crippen LogP contribution in [0.2, 0.25) is 0 Å². The number of aromatic amines is 1. The molecule has 33 heavy (non-hydrogen) atoms. The third kappa shape index (κ3) is 4.99. The lowest BCUT2D eigenvalue weighted by Gasteiger charge is -2.30. The molecule has 170 valence electrons. The normalized spacial score (nSPS) is 14.7. The number of piperidine rings is 1. The van der Waals surface area contributed by atoms with E-state index in [0.717, 1.165) is 42.6 Å². The van der Waals surface area contributed by atoms with E-state index in [4.69, 9.17) is 9.47 Å². The summed E-state index contributed by atoms with van der Waals surface area (Å²) in [5.74, 6) is 7.78. The second-order valence-corrected chi connectivity index (χ2v) is 7.82. The minimum atomic E-state index is -0.368. The van der Waals surface area contributed by atoms with E-state index >= 15 is 0 Å². The highest BCUT2D eigenvalue weighted by atomic mass is 16.5. The molecule has 3 N–H and O–H groups in total. The molecule has 0 saturated carbocycles. The van der Waals surface area contributed by atoms with E-state index in [1.165, 1.54) is 12.4 Å². The van der Waals surface area contributed by atoms with Gasteiger partial charge in [0.05, 0.1) is 31.3 Å². The number of methoxy groups -OCH3 is 2. The first kappa shape index (κ1) is 22.4. The van der Waals surface area contributed by atoms with Crippen LogP contribution in [-0.2, 0) is 4.79 Å². The maximum atomic E-state index is 12.7. The summed E-state index contributed by atoms with van der Waals surface area (Å²) >= 11 is 0. The Labute approximate surface area is 192 Å². The number of benzene rings is 1. The summed E-state index contributed by atoms with van der Waals surface area (Å²) in [4.78, 5) is 24.6. The van der Waals surface area contributed by atoms with Crippen LogP contribution in [-0.4, -0.2) is 54.1 Å². The van der Waals surface area contributed by atoms with Gasteiger partial charge in [0.15, 0.2) is 5.78 Å². The predicted octanol–water partition coefficient (Wildman–Crippen LogP) is 2.91. The van der Waals surface area contributed by atoms with Crippen LogP contribution >= 0.6 is 0 Å². The number of ketones is 1. The topological polar surface area (TPSA) is 101 Å². The average Bonchev–Trinajstić information content (AvgIpc) is 3.29. The summed E-state index contributed by atoms with van der Waals surface area (Å²) in [6, 6.07) is 5.09. The molecule has 2 aromatic heterocycles. The predicted molar refractivity (Wildman–Crippen MR) is 128 cm³/mol. The van der Waals surface area contributed by atoms with Crippen LogP contribution in [0.4, 0.5) is 5.69 Å². The molecular weight excluding hydrogens is 418 g/mol. The van der Waals surface area contributed by atoms with Crippen molar-refractivity contribution < 1.29 is 14.3 Å². The number of carbonyl (C=O) groups excluding carboxylic acids is 1. The molecule has 1 unspecified atom stereocenters. The molecule has 3 aromatic rings. The number of nitrogens with zero attached hydrogens (tertiary/aromatic N) is 2. The fourth-order valence-corrected chi connectivity index (χ4v) is 4.08. The Kier molecular flexibility index (Phi) is 6.91. The zero-order chi connectivity index (χ0) is 23.2. The van der Waals surface area contributed by atoms with Crippen molar-refractivity contribution in [3.8, 4) is 23.3 Å². The van der Waals surface area contributed by atoms with E-state index in [-0.39, 0.29) is 17.7 Å². The molecule has 1 saturated heterocycles. The Morgan fingerprint density at radius 1 is 1.18 bits per heavy atom. The molecule has 1 aromatic carbocycles. The first-order valence-corrected chi connectivity index (χ1v) is 10.8. The highest BCUT2D eigenvalue weighted by molar-refractivity contribution is 5.99. The van der Waals surface area contributed by atoms with E-state index in [2.05, 4.69) is 44.0 Å². The SMILES string of the molecule is C=CC(=O)C(Nc1c[nH]c2ncnc(C#Cc3cc(OC)cc(OC)c3)c12)C1CCNCC1. The van der Waals surface area contributed by atoms with Gasteiger partial charge in [-0.2, -0.15) is 0 Å². The van der Waals surface area contributed by atoms with Gasteiger partial charge >= 0.3 is 0 Å². The number of H-pyrrole nitrogens is 1. The molecule has 8 heteroatoms. The fraction of sp³-hybridized carbons (Fsp3) is 0.320. The number of hydrogen-bond acceptors (Lipinski definition) is 7. The number of fused-ring (bicyclic) bond motifs is 1. The second-order valence-electron chi connectivity index (χ2n) is 7.82. The van der Waals surface area contributed by atoms with Gasteiger partial charge in [0, 0.05) is 17.8 Å². The first-order chi connectivity index (χ1) is 16.1. The van der Waals surface area contributed by atoms with Crippen LogP contribution < -0.4 is 20.1 Å². The molecule has 1 atom stereocenters. The molecule has 8 nitrogen and oxygen atoms in total. The summed E-state index contributed by atoms with van der Waals surface area (Å²) in [7, 11) is 3.20. The van der Waals surface area contributed by atoms with Crippen LogP contribution in [0.15, 0.2) is 43.4 Å². The third-order valence-electron chi connectivity index (χ3n) is 5.82. The van der Waals surface area contributed by atoms with E-state index < -0.39 is 0 Å². The lowest BCUT2D eigenvalue weighted by molar-refractivity contribution is -0.116. The molecule has 4 rings (SSSR count). The van der Waals surface area contributed by atoms with Gasteiger partial charge in [0.1, 0.15) is 29.2 Å². The van der Waals surface area contributed by atoms with Crippen LogP contribution in [0.25, 0.3) is 11.0 Å². The zero-order valence-electron chi connectivity index (χ0n) is 18.8. The van der Waals surface area contributed by atoms with Gasteiger partial charge in [0.2, 0.25) is 0 Å². The number of carbonyl (C=O) groups is 1. The first-order valence-electron chi connectivity index (χ1n) is 10.8. The molecule has 1 aliphatic rings. The molecule has 0 radical (unpaired) electrons. The Bertz CT molecular complexity index is 1200. The minimum absolute atomic E-state index is 0.0239. The minimum Gasteiger partial charge on any atom is -0.497 e. The van der Waals surface area contributed by atoms with Gasteiger partial charge in [-0.05, 0) is 56.0 Å². The van der Waals surface area contributed by atoms with Gasteiger partial charge in [-0.1, -0.05) is 12.5 Å². The van der Waals surface area contributed by atoms with Crippen LogP contribution in [0, 0.1) is 17.8 Å². The van der Waals surface area contributed by atoms with Crippen molar-refractivity contribution in [3.05, 3.63) is 54.6 Å². The number of nitrogens with one attached hydrogen (secondary N) is 3. The van der Waals surface area contributed by atoms with Crippen molar-refractivity contribution in [1.82, 2.24) is 20.3 Å². The molecule has 0 bridgehead atoms. The summed E-state index contributed by atoms with van der Waals surface area (Å²) in [6.45, 7) is 5.48. The van der Waals surface area contributed by atoms with Gasteiger partial charge in [-0.3, -0.25) is 4.79 Å². The highest BCUT2D eigenvalue weighted by Gasteiger charge is 2.29. The molecule has 3 heterocycles. The van der Waals surface area contributed by atoms with Crippen molar-refractivity contribution >= 4 is 22.5 Å². The molecule has 0 amide bonds. The highest BCUT2D eigenvalue weighted by Crippen LogP contribution is 2.28. The summed E-state index contributed by atoms with van der Waals surface area (Å²) in [5, 5.41) is 7.52. The molecule has 0 aliphatic carbocycles. The van der Waals surface area contributed by atoms with Crippen molar-refractivity contribution in [2.24, 2.45) is 5.92 Å². The van der Waals surface area contributed by atoms with Crippen molar-refractivity contribution in [2.45, 2.75) is 18.9 Å². The van der Waals surface area contributed by atoms with Gasteiger partial charge in [-0.15, -0.1) is 0 Å². The standard InChI is InChI=1S/C25H27N5O3/c1-4-22(31)24(17-7-9-26-10-8-17)30-21-14-27-25-23(21)20(28-15-29-25)6-5-16-11-18(32-2)13-19(12-16)33-3/h4,11-15,17,24,26,30H,1,7-10H2,2-3H3,(H,27,28,29). The third-order valence-corrected chi connectivity index (χ3v) is 5.82. The van der Waals surface area contributed by atoms with E-state index in [1.54, 1.807) is 20.3 Å². The van der Waals surface area contributed by atoms with Gasteiger partial charge in [0.25, 0.3) is 0 Å². The lowest BCUT2D eigenvalue weighted by Crippen LogP contribution is -2.42. The Morgan fingerprint density at radius 2 is 1.91 bits per heavy atom. The largest absolute Gasteiger partial charge is 0.497 e. The molecule has 1 aliphatic heterocycles. The van der Waals surface area contributed by atoms with E-state index in [1.807, 2.05) is 18.3 Å². The number of rotatable bonds is 7. The summed E-state index contributed by atoms with van der Waals surface area (Å²) < 4.78 is 10.7. The number of aromatic nitrogens is 3. The van der Waals surface area contributed by atoms with E-state index in [0.29, 0.717) is 22.8 Å². The second kappa shape index (κ2) is 10.2. The van der Waals surface area contributed by atoms with Crippen molar-refractivity contribution in [1.29, 1.82) is 0 Å². The van der Waals surface area contributed by atoms with Crippen molar-refractivity contribution in [3.63, 3.8) is 0 Å². The molecule has 1 fully saturated rings. The van der Waals surface area contributed by atoms with Gasteiger partial charge < -0.3 is 25.1 Å². The number of ether oxygens (including phenoxy) is 2. The summed E-state index contributed by atoms with van der Waals surface area (Å²) in [6.07, 6.45) is 6.50. The Morgan fingerprint density at radius 3 is 2.58 bits per heavy atom. The average molecular weight is 446 g/mol. The summed E-state index contributed by atoms with van der Waals surface area (Å²) in [5.41, 5.74) is 2.69. The van der Waals surface area contributed by atoms with Gasteiger partial charge in [-0.25, -0.2) is 9.97 Å². The quantitative estimate of drug-likeness (QED) is 0.380. The Hall–Kier alpha value is -3.83. The Balaban J connectivity index is 1.70. The smallest absolute Gasteiger partial charge is 0.177 e. The van der Waals surface area contributed by atoms with Crippen molar-refractivity contribution in [2.75, 3.05) is 32.6 Å².